The molecule has 0 radical (unpaired) electrons. The zero-order valence-electron chi connectivity index (χ0n) is 9.21. The van der Waals surface area contributed by atoms with E-state index in [-0.39, 0.29) is 11.4 Å². The van der Waals surface area contributed by atoms with E-state index in [1.807, 2.05) is 0 Å². The van der Waals surface area contributed by atoms with Crippen molar-refractivity contribution in [3.63, 3.8) is 0 Å². The van der Waals surface area contributed by atoms with Gasteiger partial charge in [-0.2, -0.15) is 0 Å². The van der Waals surface area contributed by atoms with Crippen molar-refractivity contribution in [1.29, 1.82) is 0 Å². The number of ether oxygens (including phenoxy) is 1. The summed E-state index contributed by atoms with van der Waals surface area (Å²) in [4.78, 5) is 11.6. The zero-order valence-corrected chi connectivity index (χ0v) is 9.21. The van der Waals surface area contributed by atoms with Crippen LogP contribution in [0.1, 0.15) is 39.5 Å². The van der Waals surface area contributed by atoms with Gasteiger partial charge in [-0.15, -0.1) is 0 Å². The lowest BCUT2D eigenvalue weighted by molar-refractivity contribution is -0.151. The van der Waals surface area contributed by atoms with Crippen LogP contribution in [0.25, 0.3) is 0 Å². The Morgan fingerprint density at radius 2 is 2.21 bits per heavy atom. The first-order valence-electron chi connectivity index (χ1n) is 5.52. The minimum Gasteiger partial charge on any atom is -0.465 e. The third-order valence-electron chi connectivity index (χ3n) is 2.96. The number of carbonyl (C=O) groups excluding carboxylic acids is 1. The fourth-order valence-electron chi connectivity index (χ4n) is 1.59. The third kappa shape index (κ3) is 2.71. The highest BCUT2D eigenvalue weighted by molar-refractivity contribution is 5.80. The number of hydrogen-bond donors (Lipinski definition) is 1. The van der Waals surface area contributed by atoms with Crippen LogP contribution < -0.4 is 5.73 Å². The van der Waals surface area contributed by atoms with E-state index in [4.69, 9.17) is 10.5 Å². The van der Waals surface area contributed by atoms with Crippen LogP contribution in [0, 0.1) is 11.3 Å². The van der Waals surface area contributed by atoms with Gasteiger partial charge in [0.05, 0.1) is 12.0 Å². The SMILES string of the molecule is CCCC(C)COC(=O)C1(CN)CC1. The van der Waals surface area contributed by atoms with Gasteiger partial charge in [0.25, 0.3) is 0 Å². The first kappa shape index (κ1) is 11.5. The number of rotatable bonds is 6. The summed E-state index contributed by atoms with van der Waals surface area (Å²) in [5.74, 6) is 0.389. The Hall–Kier alpha value is -0.570. The second kappa shape index (κ2) is 4.78. The Bertz CT molecular complexity index is 199. The average molecular weight is 199 g/mol. The van der Waals surface area contributed by atoms with Gasteiger partial charge in [-0.25, -0.2) is 0 Å². The summed E-state index contributed by atoms with van der Waals surface area (Å²) in [6.07, 6.45) is 4.07. The molecule has 1 rings (SSSR count). The van der Waals surface area contributed by atoms with Crippen molar-refractivity contribution in [2.24, 2.45) is 17.1 Å². The Labute approximate surface area is 86.0 Å². The van der Waals surface area contributed by atoms with Crippen LogP contribution in [0.2, 0.25) is 0 Å². The summed E-state index contributed by atoms with van der Waals surface area (Å²) in [7, 11) is 0. The van der Waals surface area contributed by atoms with Crippen molar-refractivity contribution in [2.75, 3.05) is 13.2 Å². The van der Waals surface area contributed by atoms with Crippen LogP contribution in [0.4, 0.5) is 0 Å². The fourth-order valence-corrected chi connectivity index (χ4v) is 1.59. The Balaban J connectivity index is 2.21. The normalized spacial score (nSPS) is 20.2. The quantitative estimate of drug-likeness (QED) is 0.662. The highest BCUT2D eigenvalue weighted by Gasteiger charge is 2.50. The third-order valence-corrected chi connectivity index (χ3v) is 2.96. The number of carbonyl (C=O) groups is 1. The summed E-state index contributed by atoms with van der Waals surface area (Å²) in [5, 5.41) is 0. The first-order chi connectivity index (χ1) is 6.64. The standard InChI is InChI=1S/C11H21NO2/c1-3-4-9(2)7-14-10(13)11(8-12)5-6-11/h9H,3-8,12H2,1-2H3. The summed E-state index contributed by atoms with van der Waals surface area (Å²) < 4.78 is 5.26. The lowest BCUT2D eigenvalue weighted by Gasteiger charge is -2.15. The molecule has 0 amide bonds. The Morgan fingerprint density at radius 3 is 2.64 bits per heavy atom. The van der Waals surface area contributed by atoms with Crippen molar-refractivity contribution in [3.05, 3.63) is 0 Å². The highest BCUT2D eigenvalue weighted by atomic mass is 16.5. The predicted octanol–water partition coefficient (Wildman–Crippen LogP) is 1.70. The molecule has 1 aliphatic carbocycles. The van der Waals surface area contributed by atoms with Crippen LogP contribution in [0.15, 0.2) is 0 Å². The predicted molar refractivity (Wildman–Crippen MR) is 55.8 cm³/mol. The summed E-state index contributed by atoms with van der Waals surface area (Å²) >= 11 is 0. The molecule has 0 saturated heterocycles. The summed E-state index contributed by atoms with van der Waals surface area (Å²) in [5.41, 5.74) is 5.23. The van der Waals surface area contributed by atoms with Gasteiger partial charge in [-0.1, -0.05) is 20.3 Å². The number of esters is 1. The van der Waals surface area contributed by atoms with Gasteiger partial charge >= 0.3 is 5.97 Å². The summed E-state index contributed by atoms with van der Waals surface area (Å²) in [6.45, 7) is 5.24. The van der Waals surface area contributed by atoms with E-state index in [2.05, 4.69) is 13.8 Å². The van der Waals surface area contributed by atoms with Crippen molar-refractivity contribution in [3.8, 4) is 0 Å². The number of nitrogens with two attached hydrogens (primary N) is 1. The second-order valence-corrected chi connectivity index (χ2v) is 4.48. The van der Waals surface area contributed by atoms with Crippen molar-refractivity contribution < 1.29 is 9.53 Å². The molecule has 1 unspecified atom stereocenters. The molecule has 82 valence electrons. The maximum Gasteiger partial charge on any atom is 0.313 e. The van der Waals surface area contributed by atoms with Gasteiger partial charge in [-0.3, -0.25) is 4.79 Å². The number of hydrogen-bond acceptors (Lipinski definition) is 3. The van der Waals surface area contributed by atoms with Crippen molar-refractivity contribution in [1.82, 2.24) is 0 Å². The largest absolute Gasteiger partial charge is 0.465 e. The summed E-state index contributed by atoms with van der Waals surface area (Å²) in [6, 6.07) is 0. The van der Waals surface area contributed by atoms with Crippen molar-refractivity contribution in [2.45, 2.75) is 39.5 Å². The lowest BCUT2D eigenvalue weighted by Crippen LogP contribution is -2.28. The van der Waals surface area contributed by atoms with Crippen LogP contribution in [-0.2, 0) is 9.53 Å². The van der Waals surface area contributed by atoms with E-state index in [1.54, 1.807) is 0 Å². The first-order valence-corrected chi connectivity index (χ1v) is 5.52. The molecule has 3 heteroatoms. The monoisotopic (exact) mass is 199 g/mol. The Kier molecular flexibility index (Phi) is 3.93. The smallest absolute Gasteiger partial charge is 0.313 e. The lowest BCUT2D eigenvalue weighted by atomic mass is 10.1. The van der Waals surface area contributed by atoms with Crippen LogP contribution in [0.5, 0.6) is 0 Å². The van der Waals surface area contributed by atoms with Gasteiger partial charge < -0.3 is 10.5 Å². The second-order valence-electron chi connectivity index (χ2n) is 4.48. The van der Waals surface area contributed by atoms with Crippen LogP contribution in [0.3, 0.4) is 0 Å². The van der Waals surface area contributed by atoms with Crippen molar-refractivity contribution >= 4 is 5.97 Å². The fraction of sp³-hybridized carbons (Fsp3) is 0.909. The topological polar surface area (TPSA) is 52.3 Å². The molecule has 0 aromatic heterocycles. The molecule has 1 saturated carbocycles. The van der Waals surface area contributed by atoms with E-state index in [1.165, 1.54) is 0 Å². The zero-order chi connectivity index (χ0) is 10.6. The van der Waals surface area contributed by atoms with E-state index in [0.29, 0.717) is 19.1 Å². The molecule has 2 N–H and O–H groups in total. The molecular weight excluding hydrogens is 178 g/mol. The molecule has 0 heterocycles. The molecule has 0 aromatic carbocycles. The molecule has 0 spiro atoms. The van der Waals surface area contributed by atoms with Gasteiger partial charge in [-0.05, 0) is 25.2 Å². The average Bonchev–Trinajstić information content (AvgIpc) is 2.95. The van der Waals surface area contributed by atoms with E-state index in [9.17, 15) is 4.79 Å². The van der Waals surface area contributed by atoms with E-state index >= 15 is 0 Å². The Morgan fingerprint density at radius 1 is 1.57 bits per heavy atom. The van der Waals surface area contributed by atoms with Gasteiger partial charge in [0, 0.05) is 6.54 Å². The molecule has 1 fully saturated rings. The molecule has 3 nitrogen and oxygen atoms in total. The molecular formula is C11H21NO2. The van der Waals surface area contributed by atoms with Crippen LogP contribution in [-0.4, -0.2) is 19.1 Å². The van der Waals surface area contributed by atoms with Crippen LogP contribution >= 0.6 is 0 Å². The van der Waals surface area contributed by atoms with Gasteiger partial charge in [0.2, 0.25) is 0 Å². The molecule has 0 aromatic rings. The minimum atomic E-state index is -0.300. The molecule has 0 aliphatic heterocycles. The minimum absolute atomic E-state index is 0.0806. The maximum absolute atomic E-state index is 11.6. The van der Waals surface area contributed by atoms with Gasteiger partial charge in [0.1, 0.15) is 0 Å². The van der Waals surface area contributed by atoms with E-state index in [0.717, 1.165) is 25.7 Å². The molecule has 1 aliphatic rings. The highest BCUT2D eigenvalue weighted by Crippen LogP contribution is 2.45. The molecule has 14 heavy (non-hydrogen) atoms. The van der Waals surface area contributed by atoms with E-state index < -0.39 is 0 Å². The van der Waals surface area contributed by atoms with Gasteiger partial charge in [0.15, 0.2) is 0 Å². The maximum atomic E-state index is 11.6. The molecule has 0 bridgehead atoms. The molecule has 1 atom stereocenters.